The number of aliphatic carboxylic acids is 1. The maximum Gasteiger partial charge on any atom is 0.307 e. The van der Waals surface area contributed by atoms with Gasteiger partial charge < -0.3 is 5.11 Å². The van der Waals surface area contributed by atoms with Gasteiger partial charge in [0.05, 0.1) is 5.92 Å². The van der Waals surface area contributed by atoms with Crippen molar-refractivity contribution in [3.63, 3.8) is 0 Å². The predicted octanol–water partition coefficient (Wildman–Crippen LogP) is 2.71. The molecule has 1 N–H and O–H groups in total. The lowest BCUT2D eigenvalue weighted by Gasteiger charge is -2.09. The van der Waals surface area contributed by atoms with Gasteiger partial charge in [-0.05, 0) is 49.1 Å². The van der Waals surface area contributed by atoms with Gasteiger partial charge in [0.1, 0.15) is 0 Å². The van der Waals surface area contributed by atoms with Gasteiger partial charge in [0, 0.05) is 4.88 Å². The van der Waals surface area contributed by atoms with E-state index in [0.717, 1.165) is 19.3 Å². The number of carboxylic acids is 1. The number of carboxylic acid groups (broad SMARTS) is 1. The van der Waals surface area contributed by atoms with Crippen molar-refractivity contribution in [2.45, 2.75) is 26.2 Å². The molecule has 0 radical (unpaired) electrons. The van der Waals surface area contributed by atoms with Crippen LogP contribution in [-0.2, 0) is 11.2 Å². The molecule has 1 aliphatic carbocycles. The van der Waals surface area contributed by atoms with Crippen LogP contribution < -0.4 is 0 Å². The average molecular weight is 210 g/mol. The van der Waals surface area contributed by atoms with E-state index in [2.05, 4.69) is 13.0 Å². The number of hydrogen-bond donors (Lipinski definition) is 1. The molecule has 0 aliphatic heterocycles. The fourth-order valence-corrected chi connectivity index (χ4v) is 2.73. The molecule has 1 aromatic rings. The number of hydrogen-bond acceptors (Lipinski definition) is 2. The maximum absolute atomic E-state index is 11.0. The lowest BCUT2D eigenvalue weighted by atomic mass is 9.98. The average Bonchev–Trinajstić information content (AvgIpc) is 2.87. The summed E-state index contributed by atoms with van der Waals surface area (Å²) in [5.41, 5.74) is 1.24. The van der Waals surface area contributed by atoms with Crippen LogP contribution in [0.4, 0.5) is 0 Å². The highest BCUT2D eigenvalue weighted by molar-refractivity contribution is 7.10. The Labute approximate surface area is 87.6 Å². The second kappa shape index (κ2) is 3.73. The molecule has 2 rings (SSSR count). The highest BCUT2D eigenvalue weighted by Gasteiger charge is 2.36. The summed E-state index contributed by atoms with van der Waals surface area (Å²) in [6.07, 6.45) is 2.92. The fraction of sp³-hybridized carbons (Fsp3) is 0.545. The van der Waals surface area contributed by atoms with Crippen LogP contribution in [0.2, 0.25) is 0 Å². The van der Waals surface area contributed by atoms with Crippen molar-refractivity contribution in [2.24, 2.45) is 11.8 Å². The first-order valence-corrected chi connectivity index (χ1v) is 5.82. The molecule has 1 heterocycles. The molecule has 1 aliphatic rings. The van der Waals surface area contributed by atoms with Crippen molar-refractivity contribution in [3.8, 4) is 0 Å². The Morgan fingerprint density at radius 1 is 1.71 bits per heavy atom. The van der Waals surface area contributed by atoms with Crippen LogP contribution in [0.15, 0.2) is 11.4 Å². The molecule has 76 valence electrons. The Bertz CT molecular complexity index is 339. The van der Waals surface area contributed by atoms with Crippen LogP contribution in [0, 0.1) is 18.8 Å². The minimum atomic E-state index is -0.625. The molecule has 1 fully saturated rings. The third-order valence-corrected chi connectivity index (χ3v) is 3.93. The standard InChI is InChI=1S/C11H14O2S/c1-7-4-5-14-10(7)6-9(11(12)13)8-2-3-8/h4-5,8-9H,2-3,6H2,1H3,(H,12,13). The van der Waals surface area contributed by atoms with Crippen LogP contribution in [-0.4, -0.2) is 11.1 Å². The smallest absolute Gasteiger partial charge is 0.307 e. The van der Waals surface area contributed by atoms with E-state index >= 15 is 0 Å². The van der Waals surface area contributed by atoms with E-state index in [9.17, 15) is 4.79 Å². The molecule has 1 saturated carbocycles. The lowest BCUT2D eigenvalue weighted by molar-refractivity contribution is -0.142. The first-order valence-electron chi connectivity index (χ1n) is 4.94. The van der Waals surface area contributed by atoms with Gasteiger partial charge in [-0.2, -0.15) is 0 Å². The van der Waals surface area contributed by atoms with Gasteiger partial charge in [-0.3, -0.25) is 4.79 Å². The Morgan fingerprint density at radius 2 is 2.43 bits per heavy atom. The molecule has 2 nitrogen and oxygen atoms in total. The van der Waals surface area contributed by atoms with E-state index in [-0.39, 0.29) is 5.92 Å². The zero-order valence-electron chi connectivity index (χ0n) is 8.19. The van der Waals surface area contributed by atoms with Crippen molar-refractivity contribution < 1.29 is 9.90 Å². The Kier molecular flexibility index (Phi) is 2.59. The monoisotopic (exact) mass is 210 g/mol. The summed E-state index contributed by atoms with van der Waals surface area (Å²) in [7, 11) is 0. The zero-order valence-corrected chi connectivity index (χ0v) is 9.01. The molecule has 3 heteroatoms. The van der Waals surface area contributed by atoms with E-state index in [4.69, 9.17) is 5.11 Å². The van der Waals surface area contributed by atoms with E-state index in [1.54, 1.807) is 11.3 Å². The predicted molar refractivity (Wildman–Crippen MR) is 56.6 cm³/mol. The van der Waals surface area contributed by atoms with E-state index in [1.807, 2.05) is 5.38 Å². The number of rotatable bonds is 4. The lowest BCUT2D eigenvalue weighted by Crippen LogP contribution is -2.18. The van der Waals surface area contributed by atoms with Crippen LogP contribution >= 0.6 is 11.3 Å². The molecular weight excluding hydrogens is 196 g/mol. The molecule has 1 unspecified atom stereocenters. The first kappa shape index (κ1) is 9.71. The van der Waals surface area contributed by atoms with E-state index in [1.165, 1.54) is 10.4 Å². The molecule has 0 spiro atoms. The van der Waals surface area contributed by atoms with Crippen molar-refractivity contribution in [2.75, 3.05) is 0 Å². The molecule has 1 atom stereocenters. The Balaban J connectivity index is 2.07. The van der Waals surface area contributed by atoms with E-state index in [0.29, 0.717) is 5.92 Å². The minimum Gasteiger partial charge on any atom is -0.481 e. The summed E-state index contributed by atoms with van der Waals surface area (Å²) in [6, 6.07) is 2.06. The topological polar surface area (TPSA) is 37.3 Å². The fourth-order valence-electron chi connectivity index (χ4n) is 1.77. The second-order valence-corrected chi connectivity index (χ2v) is 5.01. The Hall–Kier alpha value is -0.830. The van der Waals surface area contributed by atoms with Crippen molar-refractivity contribution in [1.29, 1.82) is 0 Å². The molecular formula is C11H14O2S. The van der Waals surface area contributed by atoms with Crippen molar-refractivity contribution >= 4 is 17.3 Å². The number of carbonyl (C=O) groups is 1. The SMILES string of the molecule is Cc1ccsc1CC(C(=O)O)C1CC1. The van der Waals surface area contributed by atoms with Crippen LogP contribution in [0.5, 0.6) is 0 Å². The Morgan fingerprint density at radius 3 is 2.86 bits per heavy atom. The number of thiophene rings is 1. The molecule has 1 aromatic heterocycles. The van der Waals surface area contributed by atoms with Gasteiger partial charge >= 0.3 is 5.97 Å². The van der Waals surface area contributed by atoms with Crippen molar-refractivity contribution in [1.82, 2.24) is 0 Å². The van der Waals surface area contributed by atoms with Gasteiger partial charge in [-0.1, -0.05) is 0 Å². The summed E-state index contributed by atoms with van der Waals surface area (Å²) in [4.78, 5) is 12.3. The third-order valence-electron chi connectivity index (χ3n) is 2.88. The minimum absolute atomic E-state index is 0.146. The second-order valence-electron chi connectivity index (χ2n) is 4.01. The molecule has 0 saturated heterocycles. The van der Waals surface area contributed by atoms with Crippen LogP contribution in [0.1, 0.15) is 23.3 Å². The van der Waals surface area contributed by atoms with Crippen LogP contribution in [0.25, 0.3) is 0 Å². The molecule has 14 heavy (non-hydrogen) atoms. The maximum atomic E-state index is 11.0. The summed E-state index contributed by atoms with van der Waals surface area (Å²) in [5, 5.41) is 11.1. The van der Waals surface area contributed by atoms with E-state index < -0.39 is 5.97 Å². The molecule has 0 bridgehead atoms. The van der Waals surface area contributed by atoms with Gasteiger partial charge in [0.25, 0.3) is 0 Å². The van der Waals surface area contributed by atoms with Gasteiger partial charge in [0.15, 0.2) is 0 Å². The highest BCUT2D eigenvalue weighted by atomic mass is 32.1. The first-order chi connectivity index (χ1) is 6.68. The zero-order chi connectivity index (χ0) is 10.1. The summed E-state index contributed by atoms with van der Waals surface area (Å²) >= 11 is 1.68. The number of aryl methyl sites for hydroxylation is 1. The third kappa shape index (κ3) is 1.98. The summed E-state index contributed by atoms with van der Waals surface area (Å²) < 4.78 is 0. The van der Waals surface area contributed by atoms with Gasteiger partial charge in [-0.25, -0.2) is 0 Å². The normalized spacial score (nSPS) is 18.1. The quantitative estimate of drug-likeness (QED) is 0.829. The molecule has 0 amide bonds. The van der Waals surface area contributed by atoms with Gasteiger partial charge in [0.2, 0.25) is 0 Å². The largest absolute Gasteiger partial charge is 0.481 e. The van der Waals surface area contributed by atoms with Gasteiger partial charge in [-0.15, -0.1) is 11.3 Å². The summed E-state index contributed by atoms with van der Waals surface area (Å²) in [6.45, 7) is 2.05. The highest BCUT2D eigenvalue weighted by Crippen LogP contribution is 2.39. The summed E-state index contributed by atoms with van der Waals surface area (Å²) in [5.74, 6) is -0.332. The van der Waals surface area contributed by atoms with Crippen LogP contribution in [0.3, 0.4) is 0 Å². The molecule has 0 aromatic carbocycles. The van der Waals surface area contributed by atoms with Crippen molar-refractivity contribution in [3.05, 3.63) is 21.9 Å².